The zero-order valence-corrected chi connectivity index (χ0v) is 12.4. The van der Waals surface area contributed by atoms with Gasteiger partial charge >= 0.3 is 0 Å². The van der Waals surface area contributed by atoms with Gasteiger partial charge in [0.15, 0.2) is 9.84 Å². The molecule has 1 saturated heterocycles. The monoisotopic (exact) mass is 261 g/mol. The highest BCUT2D eigenvalue weighted by Gasteiger charge is 2.34. The first kappa shape index (κ1) is 15.0. The van der Waals surface area contributed by atoms with Crippen molar-refractivity contribution < 1.29 is 8.42 Å². The fourth-order valence-electron chi connectivity index (χ4n) is 2.65. The zero-order valence-electron chi connectivity index (χ0n) is 11.6. The summed E-state index contributed by atoms with van der Waals surface area (Å²) in [6.07, 6.45) is 0.856. The van der Waals surface area contributed by atoms with E-state index in [4.69, 9.17) is 0 Å². The lowest BCUT2D eigenvalue weighted by Gasteiger charge is -2.27. The first-order valence-electron chi connectivity index (χ1n) is 6.73. The molecule has 1 aliphatic rings. The Bertz CT molecular complexity index is 322. The number of rotatable bonds is 6. The third kappa shape index (κ3) is 4.96. The maximum absolute atomic E-state index is 11.5. The highest BCUT2D eigenvalue weighted by molar-refractivity contribution is 7.91. The predicted octanol–water partition coefficient (Wildman–Crippen LogP) is 1.94. The number of hydrogen-bond donors (Lipinski definition) is 1. The van der Waals surface area contributed by atoms with Gasteiger partial charge in [-0.2, -0.15) is 0 Å². The van der Waals surface area contributed by atoms with Crippen LogP contribution in [0.3, 0.4) is 0 Å². The maximum atomic E-state index is 11.5. The van der Waals surface area contributed by atoms with Crippen LogP contribution in [0.2, 0.25) is 0 Å². The highest BCUT2D eigenvalue weighted by Crippen LogP contribution is 2.30. The van der Waals surface area contributed by atoms with Gasteiger partial charge in [-0.15, -0.1) is 0 Å². The normalized spacial score (nSPS) is 25.6. The van der Waals surface area contributed by atoms with Crippen LogP contribution >= 0.6 is 0 Å². The molecule has 0 bridgehead atoms. The van der Waals surface area contributed by atoms with Crippen molar-refractivity contribution >= 4 is 9.84 Å². The van der Waals surface area contributed by atoms with Crippen molar-refractivity contribution in [3.63, 3.8) is 0 Å². The maximum Gasteiger partial charge on any atom is 0.150 e. The lowest BCUT2D eigenvalue weighted by atomic mass is 9.83. The molecule has 2 unspecified atom stereocenters. The molecule has 17 heavy (non-hydrogen) atoms. The van der Waals surface area contributed by atoms with Crippen LogP contribution in [-0.2, 0) is 9.84 Å². The van der Waals surface area contributed by atoms with E-state index in [2.05, 4.69) is 33.0 Å². The third-order valence-electron chi connectivity index (χ3n) is 3.66. The second-order valence-corrected chi connectivity index (χ2v) is 8.35. The van der Waals surface area contributed by atoms with E-state index in [9.17, 15) is 8.42 Å². The van der Waals surface area contributed by atoms with E-state index < -0.39 is 9.84 Å². The summed E-state index contributed by atoms with van der Waals surface area (Å²) in [5.41, 5.74) is 0. The number of nitrogens with one attached hydrogen (secondary N) is 1. The Morgan fingerprint density at radius 2 is 1.82 bits per heavy atom. The molecule has 0 aliphatic carbocycles. The minimum Gasteiger partial charge on any atom is -0.316 e. The molecule has 0 saturated carbocycles. The van der Waals surface area contributed by atoms with E-state index in [1.54, 1.807) is 0 Å². The smallest absolute Gasteiger partial charge is 0.150 e. The average Bonchev–Trinajstić information content (AvgIpc) is 2.52. The van der Waals surface area contributed by atoms with Crippen LogP contribution in [0, 0.1) is 23.7 Å². The molecular formula is C13H27NO2S. The highest BCUT2D eigenvalue weighted by atomic mass is 32.2. The molecule has 0 aromatic heterocycles. The van der Waals surface area contributed by atoms with Gasteiger partial charge in [0.1, 0.15) is 0 Å². The van der Waals surface area contributed by atoms with Crippen molar-refractivity contribution in [1.82, 2.24) is 5.32 Å². The van der Waals surface area contributed by atoms with Crippen molar-refractivity contribution in [3.8, 4) is 0 Å². The van der Waals surface area contributed by atoms with Crippen LogP contribution in [0.25, 0.3) is 0 Å². The van der Waals surface area contributed by atoms with Crippen LogP contribution in [0.1, 0.15) is 34.1 Å². The lowest BCUT2D eigenvalue weighted by Crippen LogP contribution is -2.34. The van der Waals surface area contributed by atoms with Crippen LogP contribution in [0.4, 0.5) is 0 Å². The van der Waals surface area contributed by atoms with Crippen molar-refractivity contribution in [2.24, 2.45) is 23.7 Å². The summed E-state index contributed by atoms with van der Waals surface area (Å²) in [6.45, 7) is 10.8. The molecule has 1 aliphatic heterocycles. The van der Waals surface area contributed by atoms with E-state index in [1.165, 1.54) is 0 Å². The van der Waals surface area contributed by atoms with Gasteiger partial charge in [-0.1, -0.05) is 27.7 Å². The van der Waals surface area contributed by atoms with Crippen LogP contribution < -0.4 is 5.32 Å². The molecule has 1 N–H and O–H groups in total. The van der Waals surface area contributed by atoms with Gasteiger partial charge < -0.3 is 5.32 Å². The van der Waals surface area contributed by atoms with Gasteiger partial charge in [-0.3, -0.25) is 0 Å². The molecule has 0 radical (unpaired) electrons. The molecule has 102 valence electrons. The van der Waals surface area contributed by atoms with Gasteiger partial charge in [0.2, 0.25) is 0 Å². The largest absolute Gasteiger partial charge is 0.316 e. The topological polar surface area (TPSA) is 46.2 Å². The van der Waals surface area contributed by atoms with Gasteiger partial charge in [0, 0.05) is 0 Å². The van der Waals surface area contributed by atoms with Crippen LogP contribution in [-0.4, -0.2) is 33.0 Å². The number of sulfone groups is 1. The van der Waals surface area contributed by atoms with E-state index >= 15 is 0 Å². The molecular weight excluding hydrogens is 234 g/mol. The summed E-state index contributed by atoms with van der Waals surface area (Å²) in [6, 6.07) is 0. The third-order valence-corrected chi connectivity index (χ3v) is 5.46. The summed E-state index contributed by atoms with van der Waals surface area (Å²) in [4.78, 5) is 0. The molecule has 0 spiro atoms. The fraction of sp³-hybridized carbons (Fsp3) is 1.00. The van der Waals surface area contributed by atoms with Gasteiger partial charge in [0.05, 0.1) is 11.5 Å². The minimum atomic E-state index is -2.74. The Morgan fingerprint density at radius 3 is 2.24 bits per heavy atom. The van der Waals surface area contributed by atoms with Gasteiger partial charge in [-0.25, -0.2) is 8.42 Å². The first-order chi connectivity index (χ1) is 7.82. The van der Waals surface area contributed by atoms with E-state index in [0.717, 1.165) is 19.5 Å². The number of hydrogen-bond acceptors (Lipinski definition) is 3. The molecule has 4 heteroatoms. The van der Waals surface area contributed by atoms with E-state index in [0.29, 0.717) is 35.2 Å². The van der Waals surface area contributed by atoms with Gasteiger partial charge in [0.25, 0.3) is 0 Å². The zero-order chi connectivity index (χ0) is 13.1. The molecule has 0 amide bonds. The molecule has 0 aromatic carbocycles. The van der Waals surface area contributed by atoms with Crippen molar-refractivity contribution in [2.75, 3.05) is 24.6 Å². The second-order valence-electron chi connectivity index (χ2n) is 6.12. The summed E-state index contributed by atoms with van der Waals surface area (Å²) < 4.78 is 23.1. The Kier molecular flexibility index (Phi) is 5.45. The fourth-order valence-corrected chi connectivity index (χ4v) is 4.54. The molecule has 1 rings (SSSR count). The summed E-state index contributed by atoms with van der Waals surface area (Å²) in [5.74, 6) is 2.85. The van der Waals surface area contributed by atoms with Gasteiger partial charge in [-0.05, 0) is 43.2 Å². The summed E-state index contributed by atoms with van der Waals surface area (Å²) >= 11 is 0. The van der Waals surface area contributed by atoms with Crippen molar-refractivity contribution in [2.45, 2.75) is 34.1 Å². The van der Waals surface area contributed by atoms with Crippen LogP contribution in [0.15, 0.2) is 0 Å². The average molecular weight is 261 g/mol. The summed E-state index contributed by atoms with van der Waals surface area (Å²) in [7, 11) is -2.74. The first-order valence-corrected chi connectivity index (χ1v) is 8.55. The Hall–Kier alpha value is -0.0900. The van der Waals surface area contributed by atoms with Crippen LogP contribution in [0.5, 0.6) is 0 Å². The molecule has 2 atom stereocenters. The van der Waals surface area contributed by atoms with Crippen molar-refractivity contribution in [1.29, 1.82) is 0 Å². The minimum absolute atomic E-state index is 0.361. The molecule has 1 fully saturated rings. The molecule has 1 heterocycles. The Balaban J connectivity index is 2.49. The Labute approximate surface area is 106 Å². The summed E-state index contributed by atoms with van der Waals surface area (Å²) in [5, 5.41) is 3.48. The molecule has 3 nitrogen and oxygen atoms in total. The SMILES string of the molecule is CC(C)CNCC(C(C)C)C1CCS(=O)(=O)C1. The quantitative estimate of drug-likeness (QED) is 0.795. The van der Waals surface area contributed by atoms with E-state index in [-0.39, 0.29) is 0 Å². The standard InChI is InChI=1S/C13H27NO2S/c1-10(2)7-14-8-13(11(3)4)12-5-6-17(15,16)9-12/h10-14H,5-9H2,1-4H3. The predicted molar refractivity (Wildman–Crippen MR) is 72.8 cm³/mol. The second kappa shape index (κ2) is 6.19. The van der Waals surface area contributed by atoms with E-state index in [1.807, 2.05) is 0 Å². The van der Waals surface area contributed by atoms with Crippen molar-refractivity contribution in [3.05, 3.63) is 0 Å². The Morgan fingerprint density at radius 1 is 1.18 bits per heavy atom. The molecule has 0 aromatic rings. The lowest BCUT2D eigenvalue weighted by molar-refractivity contribution is 0.261.